The molecule has 8 rings (SSSR count). The second kappa shape index (κ2) is 10.6. The van der Waals surface area contributed by atoms with Crippen molar-refractivity contribution in [2.45, 2.75) is 50.2 Å². The van der Waals surface area contributed by atoms with Crippen molar-refractivity contribution in [1.82, 2.24) is 9.88 Å². The van der Waals surface area contributed by atoms with Gasteiger partial charge < -0.3 is 19.7 Å². The number of nitrogens with one attached hydrogen (secondary N) is 1. The van der Waals surface area contributed by atoms with Gasteiger partial charge in [0.2, 0.25) is 0 Å². The second-order valence-electron chi connectivity index (χ2n) is 12.5. The first kappa shape index (κ1) is 27.9. The minimum absolute atomic E-state index is 0.0918. The molecule has 4 aliphatic carbocycles. The van der Waals surface area contributed by atoms with Gasteiger partial charge in [-0.3, -0.25) is 9.59 Å². The Bertz CT molecular complexity index is 1780. The number of hydrogen-bond acceptors (Lipinski definition) is 5. The number of aromatic nitrogens is 1. The number of para-hydroxylation sites is 1. The van der Waals surface area contributed by atoms with Gasteiger partial charge in [-0.25, -0.2) is 4.79 Å². The van der Waals surface area contributed by atoms with Crippen molar-refractivity contribution >= 4 is 34.4 Å². The number of esters is 1. The van der Waals surface area contributed by atoms with Crippen molar-refractivity contribution in [2.24, 2.45) is 17.8 Å². The van der Waals surface area contributed by atoms with E-state index < -0.39 is 11.6 Å². The lowest BCUT2D eigenvalue weighted by Crippen LogP contribution is -2.61. The average Bonchev–Trinajstić information content (AvgIpc) is 2.99. The van der Waals surface area contributed by atoms with E-state index in [0.717, 1.165) is 37.7 Å². The van der Waals surface area contributed by atoms with Crippen LogP contribution >= 0.6 is 11.6 Å². The van der Waals surface area contributed by atoms with Gasteiger partial charge in [-0.2, -0.15) is 0 Å². The molecule has 3 aromatic carbocycles. The average molecular weight is 597 g/mol. The van der Waals surface area contributed by atoms with Gasteiger partial charge in [-0.05, 0) is 97.9 Å². The van der Waals surface area contributed by atoms with Crippen LogP contribution in [0.5, 0.6) is 0 Å². The molecule has 7 nitrogen and oxygen atoms in total. The van der Waals surface area contributed by atoms with Crippen LogP contribution in [0.2, 0.25) is 5.02 Å². The molecule has 4 bridgehead atoms. The molecule has 2 N–H and O–H groups in total. The summed E-state index contributed by atoms with van der Waals surface area (Å²) in [5.41, 5.74) is 2.15. The highest BCUT2D eigenvalue weighted by Gasteiger charge is 2.55. The van der Waals surface area contributed by atoms with Gasteiger partial charge in [0.1, 0.15) is 5.69 Å². The lowest BCUT2D eigenvalue weighted by Gasteiger charge is -2.58. The molecule has 1 heterocycles. The van der Waals surface area contributed by atoms with E-state index in [1.165, 1.54) is 7.11 Å². The molecule has 0 radical (unpaired) electrons. The fourth-order valence-corrected chi connectivity index (χ4v) is 8.32. The van der Waals surface area contributed by atoms with E-state index in [1.807, 2.05) is 42.5 Å². The summed E-state index contributed by atoms with van der Waals surface area (Å²) in [7, 11) is 1.30. The van der Waals surface area contributed by atoms with Crippen LogP contribution in [0, 0.1) is 17.8 Å². The van der Waals surface area contributed by atoms with Crippen LogP contribution < -0.4 is 10.7 Å². The molecule has 4 aliphatic rings. The lowest BCUT2D eigenvalue weighted by atomic mass is 9.52. The number of rotatable bonds is 6. The number of nitrogens with zero attached hydrogens (tertiary/aromatic N) is 1. The molecular formula is C35H33ClN2O5. The van der Waals surface area contributed by atoms with E-state index in [2.05, 4.69) is 5.32 Å². The molecule has 1 aromatic heterocycles. The van der Waals surface area contributed by atoms with Gasteiger partial charge in [0.25, 0.3) is 5.91 Å². The molecule has 0 aliphatic heterocycles. The minimum Gasteiger partial charge on any atom is -0.464 e. The van der Waals surface area contributed by atoms with Gasteiger partial charge in [0.15, 0.2) is 5.43 Å². The van der Waals surface area contributed by atoms with Crippen LogP contribution in [-0.4, -0.2) is 40.3 Å². The quantitative estimate of drug-likeness (QED) is 0.279. The Morgan fingerprint density at radius 1 is 1.00 bits per heavy atom. The fraction of sp³-hybridized carbons (Fsp3) is 0.343. The maximum Gasteiger partial charge on any atom is 0.355 e. The number of hydrogen-bond donors (Lipinski definition) is 2. The van der Waals surface area contributed by atoms with Crippen molar-refractivity contribution in [2.75, 3.05) is 7.11 Å². The van der Waals surface area contributed by atoms with Crippen molar-refractivity contribution in [3.8, 4) is 5.69 Å². The lowest BCUT2D eigenvalue weighted by molar-refractivity contribution is -0.136. The molecule has 8 heteroatoms. The number of methoxy groups -OCH3 is 1. The van der Waals surface area contributed by atoms with Crippen LogP contribution in [0.25, 0.3) is 16.6 Å². The molecule has 4 aromatic rings. The number of amides is 1. The zero-order valence-electron chi connectivity index (χ0n) is 23.9. The molecule has 43 heavy (non-hydrogen) atoms. The first-order valence-electron chi connectivity index (χ1n) is 14.9. The number of pyridine rings is 1. The normalized spacial score (nSPS) is 25.6. The fourth-order valence-electron chi connectivity index (χ4n) is 8.16. The number of fused-ring (bicyclic) bond motifs is 1. The standard InChI is InChI=1S/C35H33ClN2O5/c1-43-34(41)31-28(32(39)27-12-11-25(36)16-29(27)38(31)26-5-3-2-4-6-26)15-20-7-9-22(10-8-20)33(40)37-30-23-13-21-14-24(30)19-35(42,17-21)18-23/h2-12,16,21,23-24,30,42H,13-15,17-19H2,1H3,(H,37,40)/t21-,23-,24+,30+,35-. The Morgan fingerprint density at radius 3 is 2.35 bits per heavy atom. The maximum atomic E-state index is 13.9. The first-order chi connectivity index (χ1) is 20.7. The second-order valence-corrected chi connectivity index (χ2v) is 13.0. The van der Waals surface area contributed by atoms with Crippen LogP contribution in [0.15, 0.2) is 77.6 Å². The molecule has 0 spiro atoms. The van der Waals surface area contributed by atoms with E-state index in [9.17, 15) is 19.5 Å². The number of carbonyl (C=O) groups is 2. The molecule has 4 fully saturated rings. The Kier molecular flexibility index (Phi) is 6.90. The van der Waals surface area contributed by atoms with E-state index in [-0.39, 0.29) is 29.5 Å². The smallest absolute Gasteiger partial charge is 0.355 e. The van der Waals surface area contributed by atoms with Crippen LogP contribution in [0.3, 0.4) is 0 Å². The van der Waals surface area contributed by atoms with Gasteiger partial charge in [-0.1, -0.05) is 41.9 Å². The number of halogens is 1. The Morgan fingerprint density at radius 2 is 1.70 bits per heavy atom. The predicted octanol–water partition coefficient (Wildman–Crippen LogP) is 5.69. The molecular weight excluding hydrogens is 564 g/mol. The first-order valence-corrected chi connectivity index (χ1v) is 15.2. The number of carbonyl (C=O) groups excluding carboxylic acids is 2. The maximum absolute atomic E-state index is 13.9. The topological polar surface area (TPSA) is 97.6 Å². The third-order valence-electron chi connectivity index (χ3n) is 9.76. The summed E-state index contributed by atoms with van der Waals surface area (Å²) in [6.45, 7) is 0. The number of aliphatic hydroxyl groups is 1. The summed E-state index contributed by atoms with van der Waals surface area (Å²) < 4.78 is 6.91. The molecule has 0 saturated heterocycles. The third kappa shape index (κ3) is 4.94. The largest absolute Gasteiger partial charge is 0.464 e. The summed E-state index contributed by atoms with van der Waals surface area (Å²) in [5.74, 6) is 0.467. The van der Waals surface area contributed by atoms with Gasteiger partial charge >= 0.3 is 5.97 Å². The van der Waals surface area contributed by atoms with E-state index >= 15 is 0 Å². The van der Waals surface area contributed by atoms with E-state index in [0.29, 0.717) is 50.5 Å². The third-order valence-corrected chi connectivity index (χ3v) is 9.99. The molecule has 1 amide bonds. The van der Waals surface area contributed by atoms with Gasteiger partial charge in [0, 0.05) is 39.7 Å². The van der Waals surface area contributed by atoms with E-state index in [1.54, 1.807) is 34.9 Å². The summed E-state index contributed by atoms with van der Waals surface area (Å²) in [6, 6.07) is 21.6. The zero-order chi connectivity index (χ0) is 29.9. The minimum atomic E-state index is -0.630. The highest BCUT2D eigenvalue weighted by Crippen LogP contribution is 2.55. The van der Waals surface area contributed by atoms with Gasteiger partial charge in [-0.15, -0.1) is 0 Å². The number of benzene rings is 3. The summed E-state index contributed by atoms with van der Waals surface area (Å²) in [6.07, 6.45) is 4.76. The van der Waals surface area contributed by atoms with Crippen molar-refractivity contribution in [3.05, 3.63) is 110 Å². The van der Waals surface area contributed by atoms with Crippen molar-refractivity contribution in [1.29, 1.82) is 0 Å². The van der Waals surface area contributed by atoms with Crippen molar-refractivity contribution in [3.63, 3.8) is 0 Å². The summed E-state index contributed by atoms with van der Waals surface area (Å²) in [4.78, 5) is 40.4. The van der Waals surface area contributed by atoms with E-state index in [4.69, 9.17) is 16.3 Å². The van der Waals surface area contributed by atoms with Crippen molar-refractivity contribution < 1.29 is 19.4 Å². The Hall–Kier alpha value is -3.94. The zero-order valence-corrected chi connectivity index (χ0v) is 24.6. The monoisotopic (exact) mass is 596 g/mol. The Labute approximate surface area is 254 Å². The molecule has 0 unspecified atom stereocenters. The predicted molar refractivity (Wildman–Crippen MR) is 165 cm³/mol. The van der Waals surface area contributed by atoms with Crippen LogP contribution in [0.1, 0.15) is 64.1 Å². The van der Waals surface area contributed by atoms with Gasteiger partial charge in [0.05, 0.1) is 18.2 Å². The Balaban J connectivity index is 1.21. The summed E-state index contributed by atoms with van der Waals surface area (Å²) >= 11 is 6.33. The summed E-state index contributed by atoms with van der Waals surface area (Å²) in [5, 5.41) is 15.1. The highest BCUT2D eigenvalue weighted by atomic mass is 35.5. The highest BCUT2D eigenvalue weighted by molar-refractivity contribution is 6.31. The number of ether oxygens (including phenoxy) is 1. The SMILES string of the molecule is COC(=O)c1c(Cc2ccc(C(=O)N[C@H]3[C@@H]4C[C@@H]5C[C@H]3C[C@@](O)(C5)C4)cc2)c(=O)c2ccc(Cl)cc2n1-c1ccccc1. The van der Waals surface area contributed by atoms with Crippen LogP contribution in [0.4, 0.5) is 0 Å². The van der Waals surface area contributed by atoms with Crippen LogP contribution in [-0.2, 0) is 11.2 Å². The molecule has 4 saturated carbocycles. The molecule has 220 valence electrons. The molecule has 5 atom stereocenters.